The lowest BCUT2D eigenvalue weighted by Crippen LogP contribution is -2.63. The molecule has 4 heterocycles. The maximum atomic E-state index is 12.2. The van der Waals surface area contributed by atoms with Crippen LogP contribution in [0.2, 0.25) is 0 Å². The number of esters is 1. The predicted molar refractivity (Wildman–Crippen MR) is 116 cm³/mol. The maximum Gasteiger partial charge on any atom is 0.336 e. The van der Waals surface area contributed by atoms with Crippen LogP contribution in [0.15, 0.2) is 29.2 Å². The quantitative estimate of drug-likeness (QED) is 0.599. The minimum atomic E-state index is -0.226. The van der Waals surface area contributed by atoms with E-state index in [4.69, 9.17) is 18.9 Å². The molecule has 1 aromatic heterocycles. The molecule has 8 atom stereocenters. The van der Waals surface area contributed by atoms with Crippen molar-refractivity contribution in [1.82, 2.24) is 0 Å². The summed E-state index contributed by atoms with van der Waals surface area (Å²) in [6.45, 7) is 8.26. The molecule has 168 valence electrons. The van der Waals surface area contributed by atoms with Crippen LogP contribution in [0.5, 0.6) is 0 Å². The molecule has 2 aliphatic carbocycles. The van der Waals surface area contributed by atoms with Crippen molar-refractivity contribution in [1.29, 1.82) is 0 Å². The van der Waals surface area contributed by atoms with Crippen LogP contribution in [0.4, 0.5) is 0 Å². The number of carbonyl (C=O) groups is 1. The Hall–Kier alpha value is -1.21. The largest absolute Gasteiger partial charge is 0.458 e. The Balaban J connectivity index is 1.27. The van der Waals surface area contributed by atoms with Crippen LogP contribution in [0, 0.1) is 22.7 Å². The number of hydrogen-bond donors (Lipinski definition) is 0. The third-order valence-electron chi connectivity index (χ3n) is 9.31. The molecule has 3 aliphatic heterocycles. The first kappa shape index (κ1) is 20.4. The number of fused-ring (bicyclic) bond motifs is 5. The predicted octanol–water partition coefficient (Wildman–Crippen LogP) is 5.03. The van der Waals surface area contributed by atoms with Gasteiger partial charge in [-0.05, 0) is 73.8 Å². The Bertz CT molecular complexity index is 911. The third kappa shape index (κ3) is 2.87. The highest BCUT2D eigenvalue weighted by Crippen LogP contribution is 2.67. The summed E-state index contributed by atoms with van der Waals surface area (Å²) in [5.74, 6) is 0.747. The highest BCUT2D eigenvalue weighted by molar-refractivity contribution is 7.10. The maximum absolute atomic E-state index is 12.2. The van der Waals surface area contributed by atoms with E-state index in [0.717, 1.165) is 49.2 Å². The summed E-state index contributed by atoms with van der Waals surface area (Å²) in [7, 11) is 0. The normalized spacial score (nSPS) is 49.1. The zero-order chi connectivity index (χ0) is 21.4. The summed E-state index contributed by atoms with van der Waals surface area (Å²) in [5.41, 5.74) is 0.710. The number of hydrogen-bond acceptors (Lipinski definition) is 6. The summed E-state index contributed by atoms with van der Waals surface area (Å²) < 4.78 is 24.7. The lowest BCUT2D eigenvalue weighted by Gasteiger charge is -2.64. The Morgan fingerprint density at radius 3 is 2.71 bits per heavy atom. The van der Waals surface area contributed by atoms with Crippen LogP contribution >= 0.6 is 11.3 Å². The van der Waals surface area contributed by atoms with Gasteiger partial charge in [0, 0.05) is 5.41 Å². The molecule has 6 heteroatoms. The van der Waals surface area contributed by atoms with Gasteiger partial charge in [-0.2, -0.15) is 0 Å². The molecule has 0 N–H and O–H groups in total. The molecule has 5 aliphatic rings. The van der Waals surface area contributed by atoms with E-state index in [1.54, 1.807) is 11.3 Å². The number of ether oxygens (including phenoxy) is 4. The van der Waals surface area contributed by atoms with Crippen molar-refractivity contribution >= 4 is 17.3 Å². The van der Waals surface area contributed by atoms with Crippen molar-refractivity contribution in [3.05, 3.63) is 34.0 Å². The van der Waals surface area contributed by atoms with Gasteiger partial charge in [-0.25, -0.2) is 4.79 Å². The van der Waals surface area contributed by atoms with Crippen molar-refractivity contribution in [2.45, 2.75) is 77.0 Å². The van der Waals surface area contributed by atoms with Crippen molar-refractivity contribution in [3.63, 3.8) is 0 Å². The molecule has 5 nitrogen and oxygen atoms in total. The van der Waals surface area contributed by atoms with E-state index in [-0.39, 0.29) is 40.9 Å². The summed E-state index contributed by atoms with van der Waals surface area (Å²) in [6.07, 6.45) is 7.01. The molecule has 2 saturated heterocycles. The molecular weight excluding hydrogens is 412 g/mol. The Morgan fingerprint density at radius 2 is 1.97 bits per heavy atom. The minimum Gasteiger partial charge on any atom is -0.458 e. The van der Waals surface area contributed by atoms with Gasteiger partial charge in [0.25, 0.3) is 0 Å². The van der Waals surface area contributed by atoms with Crippen molar-refractivity contribution in [3.8, 4) is 0 Å². The molecule has 0 amide bonds. The lowest BCUT2D eigenvalue weighted by molar-refractivity contribution is -0.313. The number of thiophene rings is 1. The van der Waals surface area contributed by atoms with E-state index in [9.17, 15) is 4.79 Å². The van der Waals surface area contributed by atoms with Gasteiger partial charge in [0.2, 0.25) is 0 Å². The van der Waals surface area contributed by atoms with E-state index < -0.39 is 0 Å². The zero-order valence-corrected chi connectivity index (χ0v) is 19.4. The second-order valence-corrected chi connectivity index (χ2v) is 11.9. The molecule has 0 spiro atoms. The van der Waals surface area contributed by atoms with Crippen molar-refractivity contribution in [2.75, 3.05) is 13.2 Å². The van der Waals surface area contributed by atoms with Crippen LogP contribution in [0.1, 0.15) is 64.0 Å². The van der Waals surface area contributed by atoms with Crippen molar-refractivity contribution < 1.29 is 23.7 Å². The van der Waals surface area contributed by atoms with Gasteiger partial charge in [-0.1, -0.05) is 19.9 Å². The fourth-order valence-corrected chi connectivity index (χ4v) is 8.52. The van der Waals surface area contributed by atoms with Gasteiger partial charge >= 0.3 is 5.97 Å². The molecule has 4 fully saturated rings. The average molecular weight is 445 g/mol. The van der Waals surface area contributed by atoms with Crippen LogP contribution < -0.4 is 0 Å². The number of cyclic esters (lactones) is 1. The molecule has 0 bridgehead atoms. The Labute approximate surface area is 188 Å². The fourth-order valence-electron chi connectivity index (χ4n) is 7.81. The smallest absolute Gasteiger partial charge is 0.336 e. The summed E-state index contributed by atoms with van der Waals surface area (Å²) in [4.78, 5) is 13.4. The SMILES string of the molecule is CC12CCC3C4(C)COC(c5cccs5)OC4CCC3(C)C1CC(C1=CCOC1=O)O2. The molecular formula is C25H32O5S. The van der Waals surface area contributed by atoms with Crippen molar-refractivity contribution in [2.24, 2.45) is 22.7 Å². The second kappa shape index (κ2) is 6.89. The van der Waals surface area contributed by atoms with E-state index in [0.29, 0.717) is 18.4 Å². The molecule has 31 heavy (non-hydrogen) atoms. The first-order chi connectivity index (χ1) is 14.8. The first-order valence-corrected chi connectivity index (χ1v) is 12.6. The third-order valence-corrected chi connectivity index (χ3v) is 10.2. The van der Waals surface area contributed by atoms with E-state index >= 15 is 0 Å². The zero-order valence-electron chi connectivity index (χ0n) is 18.6. The fraction of sp³-hybridized carbons (Fsp3) is 0.720. The molecule has 1 aromatic rings. The molecule has 2 saturated carbocycles. The summed E-state index contributed by atoms with van der Waals surface area (Å²) in [5, 5.41) is 2.09. The average Bonchev–Trinajstić information content (AvgIpc) is 3.47. The Morgan fingerprint density at radius 1 is 1.10 bits per heavy atom. The van der Waals surface area contributed by atoms with E-state index in [1.807, 2.05) is 6.08 Å². The van der Waals surface area contributed by atoms with Gasteiger partial charge in [0.1, 0.15) is 6.61 Å². The highest BCUT2D eigenvalue weighted by Gasteiger charge is 2.66. The molecule has 0 aromatic carbocycles. The Kier molecular flexibility index (Phi) is 4.54. The van der Waals surface area contributed by atoms with Gasteiger partial charge in [0.05, 0.1) is 34.9 Å². The van der Waals surface area contributed by atoms with Gasteiger partial charge in [0.15, 0.2) is 6.29 Å². The molecule has 0 radical (unpaired) electrons. The highest BCUT2D eigenvalue weighted by atomic mass is 32.1. The molecule has 6 rings (SSSR count). The van der Waals surface area contributed by atoms with Crippen LogP contribution in [-0.2, 0) is 23.7 Å². The van der Waals surface area contributed by atoms with Gasteiger partial charge in [-0.15, -0.1) is 11.3 Å². The number of carbonyl (C=O) groups excluding carboxylic acids is 1. The lowest BCUT2D eigenvalue weighted by atomic mass is 9.44. The topological polar surface area (TPSA) is 54.0 Å². The minimum absolute atomic E-state index is 0.00569. The van der Waals surface area contributed by atoms with Crippen LogP contribution in [-0.4, -0.2) is 37.0 Å². The number of rotatable bonds is 2. The van der Waals surface area contributed by atoms with Crippen LogP contribution in [0.3, 0.4) is 0 Å². The first-order valence-electron chi connectivity index (χ1n) is 11.7. The summed E-state index contributed by atoms with van der Waals surface area (Å²) >= 11 is 1.70. The van der Waals surface area contributed by atoms with E-state index in [2.05, 4.69) is 38.3 Å². The monoisotopic (exact) mass is 444 g/mol. The molecule has 8 unspecified atom stereocenters. The summed E-state index contributed by atoms with van der Waals surface area (Å²) in [6, 6.07) is 4.17. The standard InChI is InChI=1S/C25H32O5S/c1-23-9-7-20-24(2,14-28-22(29-20)17-5-4-12-31-17)18(23)6-10-25(3)19(23)13-16(30-25)15-8-11-27-21(15)26/h4-5,8,12,16,18-20,22H,6-7,9-11,13-14H2,1-3H3. The van der Waals surface area contributed by atoms with Crippen LogP contribution in [0.25, 0.3) is 0 Å². The van der Waals surface area contributed by atoms with Gasteiger partial charge < -0.3 is 18.9 Å². The second-order valence-electron chi connectivity index (χ2n) is 10.9. The van der Waals surface area contributed by atoms with Gasteiger partial charge in [-0.3, -0.25) is 0 Å². The van der Waals surface area contributed by atoms with E-state index in [1.165, 1.54) is 0 Å².